The molecule has 0 saturated carbocycles. The van der Waals surface area contributed by atoms with Crippen LogP contribution in [0.2, 0.25) is 0 Å². The van der Waals surface area contributed by atoms with Gasteiger partial charge >= 0.3 is 6.18 Å². The zero-order valence-corrected chi connectivity index (χ0v) is 14.5. The Kier molecular flexibility index (Phi) is 6.49. The van der Waals surface area contributed by atoms with Crippen LogP contribution in [-0.4, -0.2) is 31.6 Å². The van der Waals surface area contributed by atoms with Crippen LogP contribution < -0.4 is 9.47 Å². The van der Waals surface area contributed by atoms with Crippen LogP contribution in [0.5, 0.6) is 11.5 Å². The van der Waals surface area contributed by atoms with E-state index in [9.17, 15) is 18.0 Å². The van der Waals surface area contributed by atoms with Crippen LogP contribution in [0.15, 0.2) is 48.5 Å². The predicted octanol–water partition coefficient (Wildman–Crippen LogP) is 4.14. The summed E-state index contributed by atoms with van der Waals surface area (Å²) in [7, 11) is 3.13. The summed E-state index contributed by atoms with van der Waals surface area (Å²) in [5, 5.41) is 0. The van der Waals surface area contributed by atoms with Crippen molar-refractivity contribution in [2.24, 2.45) is 0 Å². The van der Waals surface area contributed by atoms with Crippen molar-refractivity contribution in [2.45, 2.75) is 19.1 Å². The van der Waals surface area contributed by atoms with Gasteiger partial charge in [0.1, 0.15) is 0 Å². The first-order valence-electron chi connectivity index (χ1n) is 7.97. The number of alkyl halides is 3. The Morgan fingerprint density at radius 1 is 1.04 bits per heavy atom. The van der Waals surface area contributed by atoms with Crippen LogP contribution in [-0.2, 0) is 17.5 Å². The molecule has 0 aromatic heterocycles. The number of methoxy groups -OCH3 is 1. The SMILES string of the molecule is COc1ccccc1OCCC(=O)N(C)Cc1ccc(C(F)(F)F)cc1. The largest absolute Gasteiger partial charge is 0.493 e. The number of hydrogen-bond donors (Lipinski definition) is 0. The van der Waals surface area contributed by atoms with Crippen molar-refractivity contribution in [2.75, 3.05) is 20.8 Å². The first-order chi connectivity index (χ1) is 12.3. The maximum Gasteiger partial charge on any atom is 0.416 e. The van der Waals surface area contributed by atoms with Gasteiger partial charge in [0.05, 0.1) is 25.7 Å². The number of benzene rings is 2. The molecule has 0 aliphatic rings. The van der Waals surface area contributed by atoms with Gasteiger partial charge in [0, 0.05) is 13.6 Å². The Morgan fingerprint density at radius 3 is 2.23 bits per heavy atom. The third kappa shape index (κ3) is 5.40. The first-order valence-corrected chi connectivity index (χ1v) is 7.97. The fraction of sp³-hybridized carbons (Fsp3) is 0.316. The average molecular weight is 367 g/mol. The highest BCUT2D eigenvalue weighted by atomic mass is 19.4. The van der Waals surface area contributed by atoms with E-state index in [2.05, 4.69) is 0 Å². The second-order valence-corrected chi connectivity index (χ2v) is 5.69. The van der Waals surface area contributed by atoms with Gasteiger partial charge in [-0.05, 0) is 29.8 Å². The van der Waals surface area contributed by atoms with E-state index in [0.717, 1.165) is 12.1 Å². The summed E-state index contributed by atoms with van der Waals surface area (Å²) < 4.78 is 48.4. The van der Waals surface area contributed by atoms with Crippen LogP contribution in [0.1, 0.15) is 17.5 Å². The Labute approximate surface area is 150 Å². The monoisotopic (exact) mass is 367 g/mol. The molecule has 0 unspecified atom stereocenters. The van der Waals surface area contributed by atoms with E-state index in [4.69, 9.17) is 9.47 Å². The lowest BCUT2D eigenvalue weighted by atomic mass is 10.1. The third-order valence-corrected chi connectivity index (χ3v) is 3.77. The molecule has 0 bridgehead atoms. The molecule has 2 aromatic carbocycles. The number of nitrogens with zero attached hydrogens (tertiary/aromatic N) is 1. The standard InChI is InChI=1S/C19H20F3NO3/c1-23(13-14-7-9-15(10-8-14)19(20,21)22)18(24)11-12-26-17-6-4-3-5-16(17)25-2/h3-10H,11-13H2,1-2H3. The molecule has 7 heteroatoms. The van der Waals surface area contributed by atoms with Crippen LogP contribution in [0.3, 0.4) is 0 Å². The molecule has 0 spiro atoms. The van der Waals surface area contributed by atoms with Crippen LogP contribution >= 0.6 is 0 Å². The van der Waals surface area contributed by atoms with Crippen molar-refractivity contribution >= 4 is 5.91 Å². The quantitative estimate of drug-likeness (QED) is 0.738. The van der Waals surface area contributed by atoms with Crippen molar-refractivity contribution in [1.29, 1.82) is 0 Å². The maximum absolute atomic E-state index is 12.6. The van der Waals surface area contributed by atoms with Crippen LogP contribution in [0.25, 0.3) is 0 Å². The number of carbonyl (C=O) groups is 1. The lowest BCUT2D eigenvalue weighted by molar-refractivity contribution is -0.137. The number of hydrogen-bond acceptors (Lipinski definition) is 3. The van der Waals surface area contributed by atoms with Gasteiger partial charge in [0.15, 0.2) is 11.5 Å². The smallest absolute Gasteiger partial charge is 0.416 e. The Hall–Kier alpha value is -2.70. The molecule has 0 heterocycles. The molecule has 26 heavy (non-hydrogen) atoms. The molecular weight excluding hydrogens is 347 g/mol. The van der Waals surface area contributed by atoms with Crippen molar-refractivity contribution in [3.8, 4) is 11.5 Å². The lowest BCUT2D eigenvalue weighted by Crippen LogP contribution is -2.27. The van der Waals surface area contributed by atoms with E-state index in [1.54, 1.807) is 25.2 Å². The minimum absolute atomic E-state index is 0.148. The van der Waals surface area contributed by atoms with Gasteiger partial charge in [0.2, 0.25) is 5.91 Å². The van der Waals surface area contributed by atoms with Crippen molar-refractivity contribution in [1.82, 2.24) is 4.90 Å². The highest BCUT2D eigenvalue weighted by Crippen LogP contribution is 2.29. The molecule has 0 fully saturated rings. The molecule has 1 amide bonds. The summed E-state index contributed by atoms with van der Waals surface area (Å²) in [6, 6.07) is 11.9. The third-order valence-electron chi connectivity index (χ3n) is 3.77. The van der Waals surface area contributed by atoms with Crippen LogP contribution in [0.4, 0.5) is 13.2 Å². The highest BCUT2D eigenvalue weighted by molar-refractivity contribution is 5.76. The normalized spacial score (nSPS) is 11.1. The summed E-state index contributed by atoms with van der Waals surface area (Å²) in [6.45, 7) is 0.405. The Morgan fingerprint density at radius 2 is 1.65 bits per heavy atom. The van der Waals surface area contributed by atoms with Crippen LogP contribution in [0, 0.1) is 0 Å². The molecular formula is C19H20F3NO3. The van der Waals surface area contributed by atoms with E-state index in [1.165, 1.54) is 24.1 Å². The summed E-state index contributed by atoms with van der Waals surface area (Å²) in [6.07, 6.45) is -4.22. The number of ether oxygens (including phenoxy) is 2. The second kappa shape index (κ2) is 8.60. The van der Waals surface area contributed by atoms with E-state index in [0.29, 0.717) is 17.1 Å². The first kappa shape index (κ1) is 19.6. The molecule has 2 aromatic rings. The molecule has 4 nitrogen and oxygen atoms in total. The van der Waals surface area contributed by atoms with E-state index >= 15 is 0 Å². The molecule has 0 N–H and O–H groups in total. The summed E-state index contributed by atoms with van der Waals surface area (Å²) in [5.74, 6) is 0.964. The van der Waals surface area contributed by atoms with Crippen molar-refractivity contribution < 1.29 is 27.4 Å². The molecule has 0 saturated heterocycles. The molecule has 0 aliphatic heterocycles. The van der Waals surface area contributed by atoms with Crippen molar-refractivity contribution in [3.05, 3.63) is 59.7 Å². The molecule has 0 atom stereocenters. The number of amides is 1. The summed E-state index contributed by atoms with van der Waals surface area (Å²) in [5.41, 5.74) is -0.0834. The number of rotatable bonds is 7. The number of carbonyl (C=O) groups excluding carboxylic acids is 1. The number of halogens is 3. The Balaban J connectivity index is 1.84. The van der Waals surface area contributed by atoms with Gasteiger partial charge in [0.25, 0.3) is 0 Å². The van der Waals surface area contributed by atoms with Gasteiger partial charge in [-0.3, -0.25) is 4.79 Å². The molecule has 0 aliphatic carbocycles. The van der Waals surface area contributed by atoms with Crippen molar-refractivity contribution in [3.63, 3.8) is 0 Å². The highest BCUT2D eigenvalue weighted by Gasteiger charge is 2.29. The average Bonchev–Trinajstić information content (AvgIpc) is 2.61. The minimum Gasteiger partial charge on any atom is -0.493 e. The Bertz CT molecular complexity index is 730. The van der Waals surface area contributed by atoms with Gasteiger partial charge in [-0.1, -0.05) is 24.3 Å². The van der Waals surface area contributed by atoms with E-state index < -0.39 is 11.7 Å². The van der Waals surface area contributed by atoms with Gasteiger partial charge in [-0.15, -0.1) is 0 Å². The van der Waals surface area contributed by atoms with Gasteiger partial charge in [-0.25, -0.2) is 0 Å². The molecule has 140 valence electrons. The zero-order chi connectivity index (χ0) is 19.2. The predicted molar refractivity (Wildman–Crippen MR) is 91.0 cm³/mol. The number of para-hydroxylation sites is 2. The van der Waals surface area contributed by atoms with Gasteiger partial charge in [-0.2, -0.15) is 13.2 Å². The molecule has 0 radical (unpaired) electrons. The molecule has 2 rings (SSSR count). The topological polar surface area (TPSA) is 38.8 Å². The fourth-order valence-corrected chi connectivity index (χ4v) is 2.34. The van der Waals surface area contributed by atoms with E-state index in [-0.39, 0.29) is 25.5 Å². The zero-order valence-electron chi connectivity index (χ0n) is 14.5. The summed E-state index contributed by atoms with van der Waals surface area (Å²) in [4.78, 5) is 13.6. The minimum atomic E-state index is -4.36. The maximum atomic E-state index is 12.6. The van der Waals surface area contributed by atoms with Gasteiger partial charge < -0.3 is 14.4 Å². The van der Waals surface area contributed by atoms with E-state index in [1.807, 2.05) is 6.07 Å². The summed E-state index contributed by atoms with van der Waals surface area (Å²) >= 11 is 0. The fourth-order valence-electron chi connectivity index (χ4n) is 2.34. The lowest BCUT2D eigenvalue weighted by Gasteiger charge is -2.18. The second-order valence-electron chi connectivity index (χ2n) is 5.69.